The lowest BCUT2D eigenvalue weighted by molar-refractivity contribution is -0.129. The van der Waals surface area contributed by atoms with Crippen molar-refractivity contribution in [3.8, 4) is 5.75 Å². The van der Waals surface area contributed by atoms with E-state index < -0.39 is 5.54 Å². The van der Waals surface area contributed by atoms with Crippen molar-refractivity contribution in [3.63, 3.8) is 0 Å². The van der Waals surface area contributed by atoms with Gasteiger partial charge in [0, 0.05) is 0 Å². The fourth-order valence-corrected chi connectivity index (χ4v) is 2.91. The molecule has 0 spiro atoms. The van der Waals surface area contributed by atoms with Gasteiger partial charge in [0.25, 0.3) is 0 Å². The average Bonchev–Trinajstić information content (AvgIpc) is 3.31. The first kappa shape index (κ1) is 14.3. The van der Waals surface area contributed by atoms with Gasteiger partial charge in [-0.25, -0.2) is 4.39 Å². The van der Waals surface area contributed by atoms with Gasteiger partial charge in [0.1, 0.15) is 18.2 Å². The summed E-state index contributed by atoms with van der Waals surface area (Å²) in [5.74, 6) is 0.196. The highest BCUT2D eigenvalue weighted by Crippen LogP contribution is 2.39. The van der Waals surface area contributed by atoms with Crippen molar-refractivity contribution >= 4 is 5.91 Å². The zero-order valence-corrected chi connectivity index (χ0v) is 12.1. The minimum atomic E-state index is -0.556. The molecule has 0 radical (unpaired) electrons. The van der Waals surface area contributed by atoms with Crippen LogP contribution in [0.15, 0.2) is 18.2 Å². The summed E-state index contributed by atoms with van der Waals surface area (Å²) >= 11 is 0. The van der Waals surface area contributed by atoms with Crippen molar-refractivity contribution in [2.75, 3.05) is 13.2 Å². The third-order valence-corrected chi connectivity index (χ3v) is 4.52. The van der Waals surface area contributed by atoms with E-state index in [-0.39, 0.29) is 30.9 Å². The third kappa shape index (κ3) is 2.88. The van der Waals surface area contributed by atoms with Gasteiger partial charge in [-0.1, -0.05) is 0 Å². The molecule has 2 N–H and O–H groups in total. The Hall–Kier alpha value is -1.62. The van der Waals surface area contributed by atoms with E-state index in [2.05, 4.69) is 5.32 Å². The number of rotatable bonds is 4. The summed E-state index contributed by atoms with van der Waals surface area (Å²) < 4.78 is 18.8. The first-order chi connectivity index (χ1) is 10.0. The molecule has 1 aliphatic carbocycles. The van der Waals surface area contributed by atoms with Gasteiger partial charge >= 0.3 is 0 Å². The fourth-order valence-electron chi connectivity index (χ4n) is 2.91. The maximum Gasteiger partial charge on any atom is 0.227 e. The lowest BCUT2D eigenvalue weighted by Crippen LogP contribution is -2.53. The van der Waals surface area contributed by atoms with Crippen LogP contribution in [0.3, 0.4) is 0 Å². The molecule has 2 atom stereocenters. The molecule has 21 heavy (non-hydrogen) atoms. The standard InChI is InChI=1S/C16H20FNO3/c1-16(9-19,12-2-3-12)18-15(20)11-6-10-7-13(17)4-5-14(10)21-8-11/h4-5,7,11-12,19H,2-3,6,8-9H2,1H3,(H,18,20). The molecule has 1 aliphatic heterocycles. The minimum absolute atomic E-state index is 0.0673. The van der Waals surface area contributed by atoms with Crippen molar-refractivity contribution in [2.24, 2.45) is 11.8 Å². The largest absolute Gasteiger partial charge is 0.492 e. The van der Waals surface area contributed by atoms with Crippen LogP contribution in [0.2, 0.25) is 0 Å². The first-order valence-corrected chi connectivity index (χ1v) is 7.36. The highest BCUT2D eigenvalue weighted by Gasteiger charge is 2.43. The van der Waals surface area contributed by atoms with Crippen LogP contribution in [0.1, 0.15) is 25.3 Å². The van der Waals surface area contributed by atoms with E-state index in [0.717, 1.165) is 18.4 Å². The SMILES string of the molecule is CC(CO)(NC(=O)C1COc2ccc(F)cc2C1)C1CC1. The van der Waals surface area contributed by atoms with Crippen LogP contribution < -0.4 is 10.1 Å². The van der Waals surface area contributed by atoms with E-state index in [1.54, 1.807) is 6.07 Å². The van der Waals surface area contributed by atoms with E-state index >= 15 is 0 Å². The fraction of sp³-hybridized carbons (Fsp3) is 0.562. The van der Waals surface area contributed by atoms with Crippen molar-refractivity contribution in [3.05, 3.63) is 29.6 Å². The second-order valence-corrected chi connectivity index (χ2v) is 6.30. The molecule has 1 amide bonds. The van der Waals surface area contributed by atoms with Gasteiger partial charge in [0.2, 0.25) is 5.91 Å². The lowest BCUT2D eigenvalue weighted by atomic mass is 9.92. The monoisotopic (exact) mass is 293 g/mol. The van der Waals surface area contributed by atoms with Crippen molar-refractivity contribution < 1.29 is 19.0 Å². The zero-order chi connectivity index (χ0) is 15.0. The van der Waals surface area contributed by atoms with Crippen molar-refractivity contribution in [1.82, 2.24) is 5.32 Å². The molecule has 5 heteroatoms. The summed E-state index contributed by atoms with van der Waals surface area (Å²) in [7, 11) is 0. The molecule has 4 nitrogen and oxygen atoms in total. The predicted octanol–water partition coefficient (Wildman–Crippen LogP) is 1.65. The van der Waals surface area contributed by atoms with Gasteiger partial charge in [-0.3, -0.25) is 4.79 Å². The summed E-state index contributed by atoms with van der Waals surface area (Å²) in [4.78, 5) is 12.4. The first-order valence-electron chi connectivity index (χ1n) is 7.36. The predicted molar refractivity (Wildman–Crippen MR) is 75.4 cm³/mol. The van der Waals surface area contributed by atoms with Gasteiger partial charge in [0.05, 0.1) is 18.1 Å². The summed E-state index contributed by atoms with van der Waals surface area (Å²) in [6.07, 6.45) is 2.53. The van der Waals surface area contributed by atoms with Crippen LogP contribution in [0.5, 0.6) is 5.75 Å². The quantitative estimate of drug-likeness (QED) is 0.887. The van der Waals surface area contributed by atoms with Gasteiger partial charge in [-0.05, 0) is 55.9 Å². The highest BCUT2D eigenvalue weighted by molar-refractivity contribution is 5.80. The van der Waals surface area contributed by atoms with Crippen LogP contribution in [-0.4, -0.2) is 29.8 Å². The van der Waals surface area contributed by atoms with E-state index in [4.69, 9.17) is 4.74 Å². The maximum absolute atomic E-state index is 13.3. The van der Waals surface area contributed by atoms with E-state index in [1.807, 2.05) is 6.92 Å². The van der Waals surface area contributed by atoms with Crippen LogP contribution >= 0.6 is 0 Å². The molecule has 0 saturated heterocycles. The topological polar surface area (TPSA) is 58.6 Å². The zero-order valence-electron chi connectivity index (χ0n) is 12.1. The van der Waals surface area contributed by atoms with Gasteiger partial charge in [0.15, 0.2) is 0 Å². The van der Waals surface area contributed by atoms with Gasteiger partial charge in [-0.15, -0.1) is 0 Å². The molecular formula is C16H20FNO3. The average molecular weight is 293 g/mol. The van der Waals surface area contributed by atoms with Crippen LogP contribution in [0.4, 0.5) is 4.39 Å². The molecule has 0 aromatic heterocycles. The van der Waals surface area contributed by atoms with E-state index in [0.29, 0.717) is 18.1 Å². The second-order valence-electron chi connectivity index (χ2n) is 6.30. The highest BCUT2D eigenvalue weighted by atomic mass is 19.1. The second kappa shape index (κ2) is 5.30. The number of fused-ring (bicyclic) bond motifs is 1. The van der Waals surface area contributed by atoms with Gasteiger partial charge < -0.3 is 15.2 Å². The maximum atomic E-state index is 13.3. The molecule has 0 bridgehead atoms. The third-order valence-electron chi connectivity index (χ3n) is 4.52. The van der Waals surface area contributed by atoms with Crippen molar-refractivity contribution in [2.45, 2.75) is 31.7 Å². The Kier molecular flexibility index (Phi) is 3.61. The molecular weight excluding hydrogens is 273 g/mol. The summed E-state index contributed by atoms with van der Waals surface area (Å²) in [5.41, 5.74) is 0.165. The molecule has 3 rings (SSSR count). The summed E-state index contributed by atoms with van der Waals surface area (Å²) in [5, 5.41) is 12.5. The number of hydrogen-bond acceptors (Lipinski definition) is 3. The summed E-state index contributed by atoms with van der Waals surface area (Å²) in [6, 6.07) is 4.37. The molecule has 1 aromatic rings. The van der Waals surface area contributed by atoms with E-state index in [9.17, 15) is 14.3 Å². The molecule has 2 unspecified atom stereocenters. The number of nitrogens with one attached hydrogen (secondary N) is 1. The number of carbonyl (C=O) groups is 1. The summed E-state index contributed by atoms with van der Waals surface area (Å²) in [6.45, 7) is 2.10. The number of aliphatic hydroxyl groups is 1. The van der Waals surface area contributed by atoms with E-state index in [1.165, 1.54) is 12.1 Å². The number of benzene rings is 1. The number of aliphatic hydroxyl groups excluding tert-OH is 1. The van der Waals surface area contributed by atoms with Crippen LogP contribution in [0, 0.1) is 17.7 Å². The lowest BCUT2D eigenvalue weighted by Gasteiger charge is -2.32. The number of hydrogen-bond donors (Lipinski definition) is 2. The number of ether oxygens (including phenoxy) is 1. The Morgan fingerprint density at radius 1 is 1.52 bits per heavy atom. The number of halogens is 1. The molecule has 2 aliphatic rings. The Morgan fingerprint density at radius 3 is 2.95 bits per heavy atom. The van der Waals surface area contributed by atoms with Crippen LogP contribution in [0.25, 0.3) is 0 Å². The number of amides is 1. The molecule has 114 valence electrons. The van der Waals surface area contributed by atoms with Crippen molar-refractivity contribution in [1.29, 1.82) is 0 Å². The molecule has 1 heterocycles. The molecule has 1 saturated carbocycles. The molecule has 1 fully saturated rings. The normalized spacial score (nSPS) is 23.7. The Bertz CT molecular complexity index is 558. The van der Waals surface area contributed by atoms with Crippen LogP contribution in [-0.2, 0) is 11.2 Å². The smallest absolute Gasteiger partial charge is 0.227 e. The Morgan fingerprint density at radius 2 is 2.29 bits per heavy atom. The number of carbonyl (C=O) groups excluding carboxylic acids is 1. The Labute approximate surface area is 123 Å². The minimum Gasteiger partial charge on any atom is -0.492 e. The Balaban J connectivity index is 1.69. The molecule has 1 aromatic carbocycles. The van der Waals surface area contributed by atoms with Gasteiger partial charge in [-0.2, -0.15) is 0 Å².